The van der Waals surface area contributed by atoms with E-state index in [4.69, 9.17) is 14.7 Å². The molecule has 0 aliphatic rings. The Labute approximate surface area is 171 Å². The molecule has 1 amide bonds. The molecule has 0 saturated heterocycles. The third-order valence-corrected chi connectivity index (χ3v) is 5.07. The third kappa shape index (κ3) is 6.91. The normalized spacial score (nSPS) is 11.5. The number of nitrogens with zero attached hydrogens (tertiary/aromatic N) is 1. The molecule has 0 radical (unpaired) electrons. The van der Waals surface area contributed by atoms with Gasteiger partial charge in [0.2, 0.25) is 0 Å². The van der Waals surface area contributed by atoms with Gasteiger partial charge in [-0.15, -0.1) is 0 Å². The van der Waals surface area contributed by atoms with E-state index in [9.17, 15) is 4.79 Å². The maximum atomic E-state index is 12.7. The van der Waals surface area contributed by atoms with Crippen LogP contribution in [0.15, 0.2) is 48.5 Å². The Kier molecular flexibility index (Phi) is 9.40. The molecule has 0 aliphatic carbocycles. The summed E-state index contributed by atoms with van der Waals surface area (Å²) < 4.78 is 11.1. The number of hydrogen-bond donors (Lipinski definition) is 1. The number of nitrogens with one attached hydrogen (secondary N) is 1. The molecule has 148 valence electrons. The maximum absolute atomic E-state index is 12.7. The van der Waals surface area contributed by atoms with Gasteiger partial charge in [0.1, 0.15) is 5.75 Å². The van der Waals surface area contributed by atoms with E-state index in [0.29, 0.717) is 25.1 Å². The predicted octanol–water partition coefficient (Wildman–Crippen LogP) is 3.74. The zero-order valence-corrected chi connectivity index (χ0v) is 17.1. The summed E-state index contributed by atoms with van der Waals surface area (Å²) >= 11 is 1.78. The topological polar surface area (TPSA) is 71.3 Å². The highest BCUT2D eigenvalue weighted by molar-refractivity contribution is 7.99. The van der Waals surface area contributed by atoms with E-state index >= 15 is 0 Å². The lowest BCUT2D eigenvalue weighted by atomic mass is 10.1. The third-order valence-electron chi connectivity index (χ3n) is 4.16. The van der Waals surface area contributed by atoms with Crippen molar-refractivity contribution in [2.45, 2.75) is 19.4 Å². The first-order valence-corrected chi connectivity index (χ1v) is 10.4. The van der Waals surface area contributed by atoms with Gasteiger partial charge in [-0.3, -0.25) is 4.79 Å². The fourth-order valence-electron chi connectivity index (χ4n) is 2.63. The minimum Gasteiger partial charge on any atom is -0.497 e. The summed E-state index contributed by atoms with van der Waals surface area (Å²) in [5.74, 6) is 2.54. The van der Waals surface area contributed by atoms with Gasteiger partial charge in [-0.2, -0.15) is 17.0 Å². The number of thioether (sulfide) groups is 1. The predicted molar refractivity (Wildman–Crippen MR) is 113 cm³/mol. The van der Waals surface area contributed by atoms with Crippen LogP contribution in [0.3, 0.4) is 0 Å². The summed E-state index contributed by atoms with van der Waals surface area (Å²) in [6.07, 6.45) is -0.00643. The van der Waals surface area contributed by atoms with Crippen molar-refractivity contribution in [2.24, 2.45) is 0 Å². The van der Waals surface area contributed by atoms with Crippen molar-refractivity contribution in [3.05, 3.63) is 65.2 Å². The van der Waals surface area contributed by atoms with Crippen LogP contribution in [-0.2, 0) is 16.0 Å². The summed E-state index contributed by atoms with van der Waals surface area (Å²) in [5.41, 5.74) is 2.41. The molecule has 6 heteroatoms. The molecule has 1 atom stereocenters. The van der Waals surface area contributed by atoms with Crippen LogP contribution in [0.4, 0.5) is 0 Å². The van der Waals surface area contributed by atoms with Gasteiger partial charge in [0.05, 0.1) is 25.3 Å². The first-order valence-electron chi connectivity index (χ1n) is 9.28. The summed E-state index contributed by atoms with van der Waals surface area (Å²) in [5, 5.41) is 11.9. The largest absolute Gasteiger partial charge is 0.497 e. The second-order valence-corrected chi connectivity index (χ2v) is 7.46. The van der Waals surface area contributed by atoms with Crippen LogP contribution < -0.4 is 10.1 Å². The Morgan fingerprint density at radius 2 is 1.89 bits per heavy atom. The molecule has 2 aromatic carbocycles. The standard InChI is InChI=1S/C22H26N2O3S/c1-3-28-15-13-24-22(25)21(19-8-4-18(16-23)5-9-19)27-14-12-17-6-10-20(26-2)11-7-17/h4-11,21H,3,12-15H2,1-2H3,(H,24,25). The summed E-state index contributed by atoms with van der Waals surface area (Å²) in [6.45, 7) is 3.11. The van der Waals surface area contributed by atoms with E-state index in [1.807, 2.05) is 24.3 Å². The number of rotatable bonds is 11. The van der Waals surface area contributed by atoms with Gasteiger partial charge in [0, 0.05) is 12.3 Å². The highest BCUT2D eigenvalue weighted by Gasteiger charge is 2.21. The Balaban J connectivity index is 1.99. The highest BCUT2D eigenvalue weighted by atomic mass is 32.2. The maximum Gasteiger partial charge on any atom is 0.253 e. The number of hydrogen-bond acceptors (Lipinski definition) is 5. The number of ether oxygens (including phenoxy) is 2. The molecular weight excluding hydrogens is 372 g/mol. The van der Waals surface area contributed by atoms with Gasteiger partial charge in [-0.05, 0) is 47.6 Å². The average molecular weight is 399 g/mol. The molecule has 0 saturated carbocycles. The molecular formula is C22H26N2O3S. The van der Waals surface area contributed by atoms with E-state index in [2.05, 4.69) is 18.3 Å². The van der Waals surface area contributed by atoms with Crippen LogP contribution in [0.2, 0.25) is 0 Å². The monoisotopic (exact) mass is 398 g/mol. The zero-order chi connectivity index (χ0) is 20.2. The Hall–Kier alpha value is -2.49. The Morgan fingerprint density at radius 3 is 2.50 bits per heavy atom. The van der Waals surface area contributed by atoms with Gasteiger partial charge in [0.25, 0.3) is 5.91 Å². The van der Waals surface area contributed by atoms with Crippen molar-refractivity contribution in [3.8, 4) is 11.8 Å². The highest BCUT2D eigenvalue weighted by Crippen LogP contribution is 2.20. The number of amides is 1. The lowest BCUT2D eigenvalue weighted by Crippen LogP contribution is -2.32. The molecule has 1 unspecified atom stereocenters. The number of nitriles is 1. The minimum atomic E-state index is -0.697. The fourth-order valence-corrected chi connectivity index (χ4v) is 3.16. The van der Waals surface area contributed by atoms with E-state index in [0.717, 1.165) is 28.4 Å². The van der Waals surface area contributed by atoms with Crippen LogP contribution in [0.5, 0.6) is 5.75 Å². The molecule has 0 aromatic heterocycles. The van der Waals surface area contributed by atoms with Crippen LogP contribution in [0.25, 0.3) is 0 Å². The van der Waals surface area contributed by atoms with Crippen molar-refractivity contribution >= 4 is 17.7 Å². The number of benzene rings is 2. The lowest BCUT2D eigenvalue weighted by molar-refractivity contribution is -0.133. The average Bonchev–Trinajstić information content (AvgIpc) is 2.75. The number of methoxy groups -OCH3 is 1. The van der Waals surface area contributed by atoms with Gasteiger partial charge in [-0.25, -0.2) is 0 Å². The summed E-state index contributed by atoms with van der Waals surface area (Å²) in [4.78, 5) is 12.7. The summed E-state index contributed by atoms with van der Waals surface area (Å²) in [6, 6.07) is 16.8. The second-order valence-electron chi connectivity index (χ2n) is 6.07. The second kappa shape index (κ2) is 12.1. The van der Waals surface area contributed by atoms with Crippen molar-refractivity contribution in [1.29, 1.82) is 5.26 Å². The van der Waals surface area contributed by atoms with Crippen molar-refractivity contribution < 1.29 is 14.3 Å². The van der Waals surface area contributed by atoms with Crippen LogP contribution in [0.1, 0.15) is 29.7 Å². The van der Waals surface area contributed by atoms with Crippen molar-refractivity contribution in [2.75, 3.05) is 31.8 Å². The zero-order valence-electron chi connectivity index (χ0n) is 16.3. The first kappa shape index (κ1) is 21.8. The molecule has 0 bridgehead atoms. The SMILES string of the molecule is CCSCCNC(=O)C(OCCc1ccc(OC)cc1)c1ccc(C#N)cc1. The van der Waals surface area contributed by atoms with Crippen molar-refractivity contribution in [1.82, 2.24) is 5.32 Å². The summed E-state index contributed by atoms with van der Waals surface area (Å²) in [7, 11) is 1.64. The van der Waals surface area contributed by atoms with Gasteiger partial charge >= 0.3 is 0 Å². The van der Waals surface area contributed by atoms with Gasteiger partial charge < -0.3 is 14.8 Å². The smallest absolute Gasteiger partial charge is 0.253 e. The van der Waals surface area contributed by atoms with Gasteiger partial charge in [0.15, 0.2) is 6.10 Å². The van der Waals surface area contributed by atoms with Crippen LogP contribution >= 0.6 is 11.8 Å². The molecule has 0 fully saturated rings. The molecule has 2 aromatic rings. The Bertz CT molecular complexity index is 770. The molecule has 0 spiro atoms. The molecule has 0 aliphatic heterocycles. The molecule has 1 N–H and O–H groups in total. The van der Waals surface area contributed by atoms with Crippen molar-refractivity contribution in [3.63, 3.8) is 0 Å². The minimum absolute atomic E-state index is 0.156. The molecule has 28 heavy (non-hydrogen) atoms. The van der Waals surface area contributed by atoms with Crippen LogP contribution in [-0.4, -0.2) is 37.7 Å². The van der Waals surface area contributed by atoms with Crippen LogP contribution in [0, 0.1) is 11.3 Å². The number of carbonyl (C=O) groups excluding carboxylic acids is 1. The molecule has 2 rings (SSSR count). The fraction of sp³-hybridized carbons (Fsp3) is 0.364. The van der Waals surface area contributed by atoms with E-state index in [1.54, 1.807) is 43.1 Å². The van der Waals surface area contributed by atoms with Gasteiger partial charge in [-0.1, -0.05) is 31.2 Å². The number of carbonyl (C=O) groups is 1. The first-order chi connectivity index (χ1) is 13.7. The molecule has 0 heterocycles. The Morgan fingerprint density at radius 1 is 1.18 bits per heavy atom. The van der Waals surface area contributed by atoms with E-state index < -0.39 is 6.10 Å². The lowest BCUT2D eigenvalue weighted by Gasteiger charge is -2.18. The van der Waals surface area contributed by atoms with E-state index in [-0.39, 0.29) is 5.91 Å². The molecule has 5 nitrogen and oxygen atoms in total. The van der Waals surface area contributed by atoms with E-state index in [1.165, 1.54) is 0 Å². The quantitative estimate of drug-likeness (QED) is 0.584.